The molecule has 1 rings (SSSR count). The minimum atomic E-state index is -0.886. The monoisotopic (exact) mass is 510 g/mol. The number of rotatable bonds is 13. The molecule has 2 atom stereocenters. The van der Waals surface area contributed by atoms with Gasteiger partial charge in [0.2, 0.25) is 0 Å². The number of halogens is 2. The normalized spacial score (nSPS) is 13.4. The fourth-order valence-corrected chi connectivity index (χ4v) is 3.91. The zero-order chi connectivity index (χ0) is 20.4. The number of ether oxygens (including phenoxy) is 1. The molecule has 0 aliphatic carbocycles. The van der Waals surface area contributed by atoms with Gasteiger partial charge in [-0.3, -0.25) is 4.79 Å². The number of alkyl halides is 2. The first kappa shape index (κ1) is 24.3. The minimum Gasteiger partial charge on any atom is -0.490 e. The second-order valence-corrected chi connectivity index (χ2v) is 8.73. The van der Waals surface area contributed by atoms with Crippen LogP contribution in [0, 0.1) is 5.92 Å². The van der Waals surface area contributed by atoms with Crippen LogP contribution in [0.2, 0.25) is 0 Å². The van der Waals surface area contributed by atoms with Gasteiger partial charge >= 0.3 is 5.97 Å². The number of nitrogens with zero attached hydrogens (tertiary/aromatic N) is 1. The lowest BCUT2D eigenvalue weighted by atomic mass is 10.0. The summed E-state index contributed by atoms with van der Waals surface area (Å²) in [6.45, 7) is 8.05. The molecule has 0 fully saturated rings. The maximum atomic E-state index is 11.0. The molecule has 0 radical (unpaired) electrons. The van der Waals surface area contributed by atoms with Gasteiger partial charge in [0.25, 0.3) is 0 Å². The van der Waals surface area contributed by atoms with Gasteiger partial charge in [0.15, 0.2) is 0 Å². The molecule has 0 aromatic heterocycles. The van der Waals surface area contributed by atoms with Gasteiger partial charge in [-0.25, -0.2) is 0 Å². The molecule has 154 valence electrons. The SMILES string of the molecule is CC(C)CC(C)Oc1ccc(N(CCCl)CCI)cc1C[C@H](N)CC(=O)O. The topological polar surface area (TPSA) is 75.8 Å². The van der Waals surface area contributed by atoms with E-state index in [1.807, 2.05) is 12.1 Å². The van der Waals surface area contributed by atoms with E-state index in [9.17, 15) is 4.79 Å². The molecule has 5 nitrogen and oxygen atoms in total. The molecule has 0 saturated heterocycles. The van der Waals surface area contributed by atoms with Gasteiger partial charge in [-0.2, -0.15) is 0 Å². The number of hydrogen-bond donors (Lipinski definition) is 2. The van der Waals surface area contributed by atoms with Crippen molar-refractivity contribution in [1.82, 2.24) is 0 Å². The zero-order valence-electron chi connectivity index (χ0n) is 16.5. The molecular weight excluding hydrogens is 479 g/mol. The number of aliphatic carboxylic acids is 1. The van der Waals surface area contributed by atoms with E-state index in [1.54, 1.807) is 0 Å². The molecule has 0 aliphatic heterocycles. The van der Waals surface area contributed by atoms with Crippen LogP contribution in [-0.4, -0.2) is 46.6 Å². The zero-order valence-corrected chi connectivity index (χ0v) is 19.4. The largest absolute Gasteiger partial charge is 0.490 e. The predicted molar refractivity (Wildman–Crippen MR) is 122 cm³/mol. The molecule has 7 heteroatoms. The molecule has 0 spiro atoms. The van der Waals surface area contributed by atoms with Crippen molar-refractivity contribution >= 4 is 45.8 Å². The molecule has 27 heavy (non-hydrogen) atoms. The number of nitrogens with two attached hydrogens (primary N) is 1. The third-order valence-electron chi connectivity index (χ3n) is 4.17. The van der Waals surface area contributed by atoms with Crippen molar-refractivity contribution in [1.29, 1.82) is 0 Å². The van der Waals surface area contributed by atoms with Gasteiger partial charge in [0, 0.05) is 35.1 Å². The van der Waals surface area contributed by atoms with Crippen LogP contribution in [0.25, 0.3) is 0 Å². The van der Waals surface area contributed by atoms with Gasteiger partial charge in [0.05, 0.1) is 12.5 Å². The summed E-state index contributed by atoms with van der Waals surface area (Å²) in [5.41, 5.74) is 8.07. The maximum Gasteiger partial charge on any atom is 0.304 e. The van der Waals surface area contributed by atoms with E-state index in [0.717, 1.165) is 40.9 Å². The standard InChI is InChI=1S/C20H32ClIN2O3/c1-14(2)10-15(3)27-19-5-4-18(24(8-6-21)9-7-22)12-16(19)11-17(23)13-20(25)26/h4-5,12,14-15,17H,6-11,13,23H2,1-3H3,(H,25,26)/t15?,17-/m0/s1. The van der Waals surface area contributed by atoms with E-state index in [4.69, 9.17) is 27.2 Å². The van der Waals surface area contributed by atoms with Crippen LogP contribution in [-0.2, 0) is 11.2 Å². The number of carbonyl (C=O) groups is 1. The van der Waals surface area contributed by atoms with Gasteiger partial charge in [-0.15, -0.1) is 11.6 Å². The maximum absolute atomic E-state index is 11.0. The van der Waals surface area contributed by atoms with Crippen molar-refractivity contribution in [3.8, 4) is 5.75 Å². The smallest absolute Gasteiger partial charge is 0.304 e. The van der Waals surface area contributed by atoms with E-state index in [-0.39, 0.29) is 12.5 Å². The first-order valence-corrected chi connectivity index (χ1v) is 11.5. The molecule has 0 aliphatic rings. The Morgan fingerprint density at radius 3 is 2.59 bits per heavy atom. The van der Waals surface area contributed by atoms with Gasteiger partial charge < -0.3 is 20.5 Å². The Kier molecular flexibility index (Phi) is 11.4. The Balaban J connectivity index is 3.10. The van der Waals surface area contributed by atoms with Crippen molar-refractivity contribution in [3.63, 3.8) is 0 Å². The average molecular weight is 511 g/mol. The Morgan fingerprint density at radius 1 is 1.33 bits per heavy atom. The molecule has 3 N–H and O–H groups in total. The lowest BCUT2D eigenvalue weighted by Crippen LogP contribution is -2.29. The average Bonchev–Trinajstić information content (AvgIpc) is 2.54. The van der Waals surface area contributed by atoms with Gasteiger partial charge in [-0.1, -0.05) is 36.4 Å². The van der Waals surface area contributed by atoms with Crippen molar-refractivity contribution in [2.45, 2.75) is 52.2 Å². The Hall–Kier alpha value is -0.730. The van der Waals surface area contributed by atoms with Crippen LogP contribution < -0.4 is 15.4 Å². The van der Waals surface area contributed by atoms with Crippen LogP contribution >= 0.6 is 34.2 Å². The van der Waals surface area contributed by atoms with E-state index in [0.29, 0.717) is 18.2 Å². The van der Waals surface area contributed by atoms with Crippen LogP contribution in [0.3, 0.4) is 0 Å². The van der Waals surface area contributed by atoms with Crippen LogP contribution in [0.1, 0.15) is 39.2 Å². The molecule has 1 aromatic carbocycles. The minimum absolute atomic E-state index is 0.0651. The second-order valence-electron chi connectivity index (χ2n) is 7.28. The second kappa shape index (κ2) is 12.7. The molecule has 0 bridgehead atoms. The fourth-order valence-electron chi connectivity index (χ4n) is 3.12. The Bertz CT molecular complexity index is 580. The molecule has 0 saturated carbocycles. The first-order chi connectivity index (χ1) is 12.8. The fraction of sp³-hybridized carbons (Fsp3) is 0.650. The van der Waals surface area contributed by atoms with Gasteiger partial charge in [-0.05, 0) is 49.4 Å². The van der Waals surface area contributed by atoms with E-state index in [2.05, 4.69) is 54.3 Å². The number of hydrogen-bond acceptors (Lipinski definition) is 4. The third-order valence-corrected chi connectivity index (χ3v) is 4.82. The lowest BCUT2D eigenvalue weighted by molar-refractivity contribution is -0.137. The molecule has 0 heterocycles. The Morgan fingerprint density at radius 2 is 2.04 bits per heavy atom. The quantitative estimate of drug-likeness (QED) is 0.305. The van der Waals surface area contributed by atoms with Crippen molar-refractivity contribution in [3.05, 3.63) is 23.8 Å². The molecule has 0 amide bonds. The summed E-state index contributed by atoms with van der Waals surface area (Å²) in [5, 5.41) is 9.02. The summed E-state index contributed by atoms with van der Waals surface area (Å²) in [6.07, 6.45) is 1.43. The van der Waals surface area contributed by atoms with E-state index >= 15 is 0 Å². The Labute approximate surface area is 181 Å². The van der Waals surface area contributed by atoms with Crippen molar-refractivity contribution in [2.24, 2.45) is 11.7 Å². The van der Waals surface area contributed by atoms with Crippen LogP contribution in [0.5, 0.6) is 5.75 Å². The highest BCUT2D eigenvalue weighted by atomic mass is 127. The number of benzene rings is 1. The summed E-state index contributed by atoms with van der Waals surface area (Å²) in [5.74, 6) is 0.990. The van der Waals surface area contributed by atoms with Crippen LogP contribution in [0.4, 0.5) is 5.69 Å². The molecule has 1 aromatic rings. The first-order valence-electron chi connectivity index (χ1n) is 9.40. The van der Waals surface area contributed by atoms with E-state index < -0.39 is 12.0 Å². The molecular formula is C20H32ClIN2O3. The summed E-state index contributed by atoms with van der Waals surface area (Å²) in [7, 11) is 0. The van der Waals surface area contributed by atoms with E-state index in [1.165, 1.54) is 0 Å². The summed E-state index contributed by atoms with van der Waals surface area (Å²) >= 11 is 8.31. The van der Waals surface area contributed by atoms with Crippen molar-refractivity contribution in [2.75, 3.05) is 28.3 Å². The summed E-state index contributed by atoms with van der Waals surface area (Å²) in [4.78, 5) is 13.2. The predicted octanol–water partition coefficient (Wildman–Crippen LogP) is 4.32. The number of carboxylic acids is 1. The van der Waals surface area contributed by atoms with Crippen LogP contribution in [0.15, 0.2) is 18.2 Å². The summed E-state index contributed by atoms with van der Waals surface area (Å²) < 4.78 is 7.16. The highest BCUT2D eigenvalue weighted by molar-refractivity contribution is 14.1. The van der Waals surface area contributed by atoms with Gasteiger partial charge in [0.1, 0.15) is 5.75 Å². The number of carboxylic acid groups (broad SMARTS) is 1. The summed E-state index contributed by atoms with van der Waals surface area (Å²) in [6, 6.07) is 5.63. The number of anilines is 1. The third kappa shape index (κ3) is 9.34. The molecule has 1 unspecified atom stereocenters. The highest BCUT2D eigenvalue weighted by Crippen LogP contribution is 2.28. The lowest BCUT2D eigenvalue weighted by Gasteiger charge is -2.26. The van der Waals surface area contributed by atoms with Crippen molar-refractivity contribution < 1.29 is 14.6 Å². The highest BCUT2D eigenvalue weighted by Gasteiger charge is 2.17.